The minimum Gasteiger partial charge on any atom is -0.449 e. The van der Waals surface area contributed by atoms with E-state index in [0.717, 1.165) is 17.6 Å². The highest BCUT2D eigenvalue weighted by Crippen LogP contribution is 2.22. The van der Waals surface area contributed by atoms with Gasteiger partial charge < -0.3 is 10.5 Å². The molecule has 1 rings (SSSR count). The quantitative estimate of drug-likeness (QED) is 0.538. The molecule has 0 bridgehead atoms. The number of ether oxygens (including phenoxy) is 1. The molecule has 8 nitrogen and oxygen atoms in total. The van der Waals surface area contributed by atoms with Gasteiger partial charge in [-0.05, 0) is 6.42 Å². The van der Waals surface area contributed by atoms with E-state index in [1.807, 2.05) is 6.92 Å². The van der Waals surface area contributed by atoms with Crippen LogP contribution in [0.3, 0.4) is 0 Å². The second-order valence-corrected chi connectivity index (χ2v) is 6.30. The molecule has 1 heterocycles. The van der Waals surface area contributed by atoms with E-state index >= 15 is 0 Å². The van der Waals surface area contributed by atoms with Crippen LogP contribution in [0.15, 0.2) is 0 Å². The molecule has 0 aromatic carbocycles. The minimum atomic E-state index is -3.66. The smallest absolute Gasteiger partial charge is 0.410 e. The third-order valence-electron chi connectivity index (χ3n) is 2.86. The average molecular weight is 308 g/mol. The summed E-state index contributed by atoms with van der Waals surface area (Å²) in [6.45, 7) is 2.16. The normalized spacial score (nSPS) is 22.8. The Balaban J connectivity index is 2.67. The zero-order valence-corrected chi connectivity index (χ0v) is 12.4. The van der Waals surface area contributed by atoms with Crippen molar-refractivity contribution < 1.29 is 26.9 Å². The number of amides is 2. The Kier molecular flexibility index (Phi) is 5.75. The molecular weight excluding hydrogens is 288 g/mol. The standard InChI is InChI=1S/C11H20N2O6S/c1-3-4-5-18-11(15)13-7-8(19-20(2,16)17)6-9(13)10(12)14/h8-9H,3-7H2,1-2H3,(H2,12,14). The molecule has 116 valence electrons. The highest BCUT2D eigenvalue weighted by molar-refractivity contribution is 7.86. The Labute approximate surface area is 118 Å². The Bertz CT molecular complexity index is 464. The van der Waals surface area contributed by atoms with Crippen molar-refractivity contribution in [2.75, 3.05) is 19.4 Å². The predicted molar refractivity (Wildman–Crippen MR) is 70.3 cm³/mol. The molecule has 9 heteroatoms. The van der Waals surface area contributed by atoms with Gasteiger partial charge in [0, 0.05) is 6.42 Å². The van der Waals surface area contributed by atoms with Gasteiger partial charge in [-0.3, -0.25) is 13.9 Å². The lowest BCUT2D eigenvalue weighted by atomic mass is 10.2. The number of rotatable bonds is 6. The van der Waals surface area contributed by atoms with Gasteiger partial charge >= 0.3 is 6.09 Å². The van der Waals surface area contributed by atoms with Crippen molar-refractivity contribution in [2.45, 2.75) is 38.3 Å². The number of carbonyl (C=O) groups excluding carboxylic acids is 2. The Hall–Kier alpha value is -1.35. The molecule has 0 saturated carbocycles. The van der Waals surface area contributed by atoms with Crippen LogP contribution in [0.2, 0.25) is 0 Å². The molecule has 1 aliphatic heterocycles. The van der Waals surface area contributed by atoms with Gasteiger partial charge in [0.2, 0.25) is 5.91 Å². The third kappa shape index (κ3) is 4.97. The van der Waals surface area contributed by atoms with Crippen LogP contribution >= 0.6 is 0 Å². The van der Waals surface area contributed by atoms with Crippen LogP contribution < -0.4 is 5.73 Å². The fourth-order valence-corrected chi connectivity index (χ4v) is 2.61. The van der Waals surface area contributed by atoms with Gasteiger partial charge in [0.25, 0.3) is 10.1 Å². The number of carbonyl (C=O) groups is 2. The number of nitrogens with zero attached hydrogens (tertiary/aromatic N) is 1. The van der Waals surface area contributed by atoms with Gasteiger partial charge in [0.15, 0.2) is 0 Å². The van der Waals surface area contributed by atoms with Crippen LogP contribution in [-0.2, 0) is 23.8 Å². The van der Waals surface area contributed by atoms with Crippen molar-refractivity contribution >= 4 is 22.1 Å². The lowest BCUT2D eigenvalue weighted by Gasteiger charge is -2.21. The second-order valence-electron chi connectivity index (χ2n) is 4.70. The van der Waals surface area contributed by atoms with E-state index in [4.69, 9.17) is 14.7 Å². The molecule has 1 saturated heterocycles. The average Bonchev–Trinajstić information content (AvgIpc) is 2.70. The van der Waals surface area contributed by atoms with Crippen molar-refractivity contribution in [1.82, 2.24) is 4.90 Å². The molecule has 0 aromatic rings. The lowest BCUT2D eigenvalue weighted by molar-refractivity contribution is -0.122. The van der Waals surface area contributed by atoms with Gasteiger partial charge in [-0.2, -0.15) is 8.42 Å². The van der Waals surface area contributed by atoms with E-state index in [1.54, 1.807) is 0 Å². The molecule has 2 atom stereocenters. The largest absolute Gasteiger partial charge is 0.449 e. The van der Waals surface area contributed by atoms with E-state index in [2.05, 4.69) is 0 Å². The summed E-state index contributed by atoms with van der Waals surface area (Å²) in [5, 5.41) is 0. The van der Waals surface area contributed by atoms with E-state index < -0.39 is 34.3 Å². The third-order valence-corrected chi connectivity index (χ3v) is 3.48. The highest BCUT2D eigenvalue weighted by atomic mass is 32.2. The minimum absolute atomic E-state index is 0.0361. The van der Waals surface area contributed by atoms with Crippen LogP contribution in [0, 0.1) is 0 Å². The number of primary amides is 1. The summed E-state index contributed by atoms with van der Waals surface area (Å²) < 4.78 is 32.0. The number of nitrogens with two attached hydrogens (primary N) is 1. The van der Waals surface area contributed by atoms with Crippen LogP contribution in [0.25, 0.3) is 0 Å². The van der Waals surface area contributed by atoms with Crippen molar-refractivity contribution in [3.63, 3.8) is 0 Å². The first-order valence-electron chi connectivity index (χ1n) is 6.35. The highest BCUT2D eigenvalue weighted by Gasteiger charge is 2.41. The summed E-state index contributed by atoms with van der Waals surface area (Å²) in [7, 11) is -3.66. The van der Waals surface area contributed by atoms with Crippen LogP contribution in [0.5, 0.6) is 0 Å². The van der Waals surface area contributed by atoms with Gasteiger partial charge in [-0.25, -0.2) is 4.79 Å². The molecule has 1 fully saturated rings. The molecule has 20 heavy (non-hydrogen) atoms. The molecule has 2 N–H and O–H groups in total. The second kappa shape index (κ2) is 6.89. The lowest BCUT2D eigenvalue weighted by Crippen LogP contribution is -2.44. The molecule has 1 aliphatic rings. The summed E-state index contributed by atoms with van der Waals surface area (Å²) >= 11 is 0. The number of hydrogen-bond donors (Lipinski definition) is 1. The van der Waals surface area contributed by atoms with Gasteiger partial charge in [-0.15, -0.1) is 0 Å². The zero-order valence-electron chi connectivity index (χ0n) is 11.6. The first-order chi connectivity index (χ1) is 9.24. The maximum absolute atomic E-state index is 11.8. The van der Waals surface area contributed by atoms with E-state index in [9.17, 15) is 18.0 Å². The van der Waals surface area contributed by atoms with E-state index in [0.29, 0.717) is 6.42 Å². The van der Waals surface area contributed by atoms with Crippen LogP contribution in [-0.4, -0.2) is 56.9 Å². The molecule has 0 aliphatic carbocycles. The van der Waals surface area contributed by atoms with E-state index in [-0.39, 0.29) is 19.6 Å². The Morgan fingerprint density at radius 1 is 1.40 bits per heavy atom. The zero-order chi connectivity index (χ0) is 15.3. The summed E-state index contributed by atoms with van der Waals surface area (Å²) in [5.74, 6) is -0.711. The maximum atomic E-state index is 11.8. The first kappa shape index (κ1) is 16.7. The number of likely N-dealkylation sites (tertiary alicyclic amines) is 1. The fraction of sp³-hybridized carbons (Fsp3) is 0.818. The monoisotopic (exact) mass is 308 g/mol. The van der Waals surface area contributed by atoms with Gasteiger partial charge in [-0.1, -0.05) is 13.3 Å². The van der Waals surface area contributed by atoms with Crippen molar-refractivity contribution in [3.8, 4) is 0 Å². The molecule has 2 amide bonds. The molecule has 2 unspecified atom stereocenters. The Morgan fingerprint density at radius 2 is 2.05 bits per heavy atom. The fourth-order valence-electron chi connectivity index (χ4n) is 1.97. The predicted octanol–water partition coefficient (Wildman–Crippen LogP) is -0.172. The SMILES string of the molecule is CCCCOC(=O)N1CC(OS(C)(=O)=O)CC1C(N)=O. The first-order valence-corrected chi connectivity index (χ1v) is 8.17. The van der Waals surface area contributed by atoms with Crippen molar-refractivity contribution in [3.05, 3.63) is 0 Å². The number of unbranched alkanes of at least 4 members (excludes halogenated alkanes) is 1. The molecule has 0 aromatic heterocycles. The number of hydrogen-bond acceptors (Lipinski definition) is 6. The summed E-state index contributed by atoms with van der Waals surface area (Å²) in [6.07, 6.45) is 1.08. The van der Waals surface area contributed by atoms with Gasteiger partial charge in [0.05, 0.1) is 25.5 Å². The molecule has 0 spiro atoms. The van der Waals surface area contributed by atoms with Crippen LogP contribution in [0.4, 0.5) is 4.79 Å². The maximum Gasteiger partial charge on any atom is 0.410 e. The van der Waals surface area contributed by atoms with Crippen molar-refractivity contribution in [1.29, 1.82) is 0 Å². The van der Waals surface area contributed by atoms with Gasteiger partial charge in [0.1, 0.15) is 6.04 Å². The molecule has 0 radical (unpaired) electrons. The van der Waals surface area contributed by atoms with Crippen molar-refractivity contribution in [2.24, 2.45) is 5.73 Å². The van der Waals surface area contributed by atoms with E-state index in [1.165, 1.54) is 0 Å². The molecular formula is C11H20N2O6S. The summed E-state index contributed by atoms with van der Waals surface area (Å²) in [4.78, 5) is 24.3. The summed E-state index contributed by atoms with van der Waals surface area (Å²) in [6, 6.07) is -0.907. The van der Waals surface area contributed by atoms with Crippen LogP contribution in [0.1, 0.15) is 26.2 Å². The summed E-state index contributed by atoms with van der Waals surface area (Å²) in [5.41, 5.74) is 5.21. The topological polar surface area (TPSA) is 116 Å². The Morgan fingerprint density at radius 3 is 2.55 bits per heavy atom.